The number of carbonyl (C=O) groups excluding carboxylic acids is 1. The van der Waals surface area contributed by atoms with Gasteiger partial charge >= 0.3 is 5.97 Å². The fourth-order valence-electron chi connectivity index (χ4n) is 3.89. The fraction of sp³-hybridized carbons (Fsp3) is 0.733. The van der Waals surface area contributed by atoms with Crippen molar-refractivity contribution < 1.29 is 23.9 Å². The molecule has 3 aliphatic heterocycles. The van der Waals surface area contributed by atoms with Crippen molar-refractivity contribution in [2.75, 3.05) is 6.61 Å². The highest BCUT2D eigenvalue weighted by Gasteiger charge is 2.62. The van der Waals surface area contributed by atoms with Gasteiger partial charge in [0.25, 0.3) is 0 Å². The summed E-state index contributed by atoms with van der Waals surface area (Å²) in [5.41, 5.74) is 0.927. The van der Waals surface area contributed by atoms with Gasteiger partial charge in [-0.3, -0.25) is 9.69 Å². The molecule has 22 heavy (non-hydrogen) atoms. The van der Waals surface area contributed by atoms with Gasteiger partial charge in [-0.25, -0.2) is 4.79 Å². The molecule has 3 heterocycles. The summed E-state index contributed by atoms with van der Waals surface area (Å²) in [7, 11) is -1.76. The number of ether oxygens (including phenoxy) is 1. The van der Waals surface area contributed by atoms with E-state index in [1.807, 2.05) is 6.92 Å². The Morgan fingerprint density at radius 1 is 1.45 bits per heavy atom. The molecule has 3 rings (SSSR count). The minimum Gasteiger partial charge on any atom is -0.477 e. The number of hydrogen-bond acceptors (Lipinski definition) is 4. The first-order chi connectivity index (χ1) is 10.2. The van der Waals surface area contributed by atoms with Gasteiger partial charge in [0.1, 0.15) is 11.8 Å². The van der Waals surface area contributed by atoms with E-state index < -0.39 is 14.3 Å². The normalized spacial score (nSPS) is 32.5. The molecular formula is C15H23NO5Si. The molecule has 2 fully saturated rings. The van der Waals surface area contributed by atoms with Gasteiger partial charge in [0.2, 0.25) is 5.91 Å². The molecule has 6 nitrogen and oxygen atoms in total. The number of amides is 1. The fourth-order valence-corrected chi connectivity index (χ4v) is 5.16. The number of hydrogen-bond donors (Lipinski definition) is 1. The van der Waals surface area contributed by atoms with Crippen LogP contribution in [-0.4, -0.2) is 55.1 Å². The molecule has 0 aromatic heterocycles. The first kappa shape index (κ1) is 15.7. The number of carbonyl (C=O) groups is 2. The lowest BCUT2D eigenvalue weighted by atomic mass is 9.80. The average molecular weight is 325 g/mol. The summed E-state index contributed by atoms with van der Waals surface area (Å²) in [6.45, 7) is 8.79. The van der Waals surface area contributed by atoms with E-state index in [9.17, 15) is 14.7 Å². The van der Waals surface area contributed by atoms with Crippen molar-refractivity contribution in [1.29, 1.82) is 0 Å². The molecule has 7 heteroatoms. The Morgan fingerprint density at radius 2 is 2.14 bits per heavy atom. The quantitative estimate of drug-likeness (QED) is 0.627. The predicted molar refractivity (Wildman–Crippen MR) is 81.7 cm³/mol. The summed E-state index contributed by atoms with van der Waals surface area (Å²) < 4.78 is 11.9. The first-order valence-electron chi connectivity index (χ1n) is 7.81. The maximum atomic E-state index is 12.5. The third-order valence-corrected chi connectivity index (χ3v) is 5.60. The van der Waals surface area contributed by atoms with Crippen LogP contribution in [-0.2, 0) is 18.8 Å². The summed E-state index contributed by atoms with van der Waals surface area (Å²) in [4.78, 5) is 25.5. The van der Waals surface area contributed by atoms with Crippen LogP contribution >= 0.6 is 0 Å². The Kier molecular flexibility index (Phi) is 3.69. The number of carboxylic acid groups (broad SMARTS) is 1. The predicted octanol–water partition coefficient (Wildman–Crippen LogP) is 1.58. The maximum Gasteiger partial charge on any atom is 0.352 e. The van der Waals surface area contributed by atoms with E-state index in [1.165, 1.54) is 4.90 Å². The largest absolute Gasteiger partial charge is 0.477 e. The molecule has 0 aromatic carbocycles. The number of fused-ring (bicyclic) bond motifs is 3. The van der Waals surface area contributed by atoms with Crippen molar-refractivity contribution in [2.24, 2.45) is 5.92 Å². The molecule has 0 unspecified atom stereocenters. The number of aliphatic carboxylic acids is 1. The molecular weight excluding hydrogens is 302 g/mol. The van der Waals surface area contributed by atoms with E-state index in [1.54, 1.807) is 0 Å². The van der Waals surface area contributed by atoms with Crippen molar-refractivity contribution in [2.45, 2.75) is 57.7 Å². The number of carboxylic acids is 1. The summed E-state index contributed by atoms with van der Waals surface area (Å²) in [5, 5.41) is 9.47. The van der Waals surface area contributed by atoms with Crippen LogP contribution in [0.1, 0.15) is 19.8 Å². The van der Waals surface area contributed by atoms with Gasteiger partial charge in [-0.2, -0.15) is 0 Å². The summed E-state index contributed by atoms with van der Waals surface area (Å²) >= 11 is 0. The van der Waals surface area contributed by atoms with Crippen LogP contribution in [0.3, 0.4) is 0 Å². The Balaban J connectivity index is 1.87. The smallest absolute Gasteiger partial charge is 0.352 e. The van der Waals surface area contributed by atoms with Crippen molar-refractivity contribution in [3.8, 4) is 0 Å². The molecule has 3 aliphatic rings. The minimum atomic E-state index is -1.76. The van der Waals surface area contributed by atoms with E-state index in [4.69, 9.17) is 9.16 Å². The van der Waals surface area contributed by atoms with Gasteiger partial charge in [-0.05, 0) is 45.0 Å². The average Bonchev–Trinajstić information content (AvgIpc) is 2.68. The molecule has 1 N–H and O–H groups in total. The third kappa shape index (κ3) is 2.31. The van der Waals surface area contributed by atoms with Gasteiger partial charge in [-0.1, -0.05) is 0 Å². The maximum absolute atomic E-state index is 12.5. The Hall–Kier alpha value is -1.18. The van der Waals surface area contributed by atoms with Crippen LogP contribution in [0.4, 0.5) is 0 Å². The van der Waals surface area contributed by atoms with Gasteiger partial charge < -0.3 is 14.3 Å². The molecule has 0 aliphatic carbocycles. The van der Waals surface area contributed by atoms with E-state index in [0.717, 1.165) is 12.0 Å². The minimum absolute atomic E-state index is 0.140. The zero-order valence-corrected chi connectivity index (χ0v) is 14.5. The lowest BCUT2D eigenvalue weighted by Crippen LogP contribution is -2.66. The zero-order chi connectivity index (χ0) is 16.2. The molecule has 0 bridgehead atoms. The molecule has 4 atom stereocenters. The van der Waals surface area contributed by atoms with Crippen LogP contribution in [0.2, 0.25) is 19.6 Å². The van der Waals surface area contributed by atoms with E-state index >= 15 is 0 Å². The second-order valence-electron chi connectivity index (χ2n) is 7.23. The number of rotatable bonds is 4. The first-order valence-corrected chi connectivity index (χ1v) is 11.2. The molecule has 0 aromatic rings. The Labute approximate surface area is 131 Å². The topological polar surface area (TPSA) is 76.1 Å². The monoisotopic (exact) mass is 325 g/mol. The lowest BCUT2D eigenvalue weighted by molar-refractivity contribution is -0.167. The highest BCUT2D eigenvalue weighted by atomic mass is 28.4. The second-order valence-corrected chi connectivity index (χ2v) is 11.7. The van der Waals surface area contributed by atoms with Crippen molar-refractivity contribution in [3.05, 3.63) is 11.3 Å². The zero-order valence-electron chi connectivity index (χ0n) is 13.5. The highest BCUT2D eigenvalue weighted by Crippen LogP contribution is 2.48. The van der Waals surface area contributed by atoms with Crippen LogP contribution in [0.5, 0.6) is 0 Å². The molecule has 0 spiro atoms. The highest BCUT2D eigenvalue weighted by molar-refractivity contribution is 6.69. The van der Waals surface area contributed by atoms with Crippen LogP contribution < -0.4 is 0 Å². The van der Waals surface area contributed by atoms with Gasteiger partial charge in [0, 0.05) is 6.61 Å². The number of nitrogens with zero attached hydrogens (tertiary/aromatic N) is 1. The SMILES string of the molecule is C[C@@H](O[Si](C)(C)C)[C@H]1C(=O)N2C(C(=O)O)=C3CCCO[C@@H]3[C@H]12. The summed E-state index contributed by atoms with van der Waals surface area (Å²) in [5.74, 6) is -1.47. The Bertz CT molecular complexity index is 553. The lowest BCUT2D eigenvalue weighted by Gasteiger charge is -2.48. The molecule has 0 saturated carbocycles. The van der Waals surface area contributed by atoms with Gasteiger partial charge in [0.15, 0.2) is 8.32 Å². The van der Waals surface area contributed by atoms with E-state index in [0.29, 0.717) is 13.0 Å². The van der Waals surface area contributed by atoms with Gasteiger partial charge in [-0.15, -0.1) is 0 Å². The van der Waals surface area contributed by atoms with Crippen LogP contribution in [0, 0.1) is 5.92 Å². The second kappa shape index (κ2) is 5.18. The number of β-lactam (4-membered cyclic amide) rings is 1. The standard InChI is InChI=1S/C15H23NO5Si/c1-8(21-22(2,3)4)10-12-13-9(6-5-7-20-13)11(15(18)19)16(12)14(10)17/h8,10,12-13H,5-7H2,1-4H3,(H,18,19)/t8-,10-,12+,13+/m1/s1. The third-order valence-electron chi connectivity index (χ3n) is 4.52. The van der Waals surface area contributed by atoms with Crippen LogP contribution in [0.15, 0.2) is 11.3 Å². The van der Waals surface area contributed by atoms with Crippen LogP contribution in [0.25, 0.3) is 0 Å². The van der Waals surface area contributed by atoms with Crippen molar-refractivity contribution >= 4 is 20.2 Å². The van der Waals surface area contributed by atoms with Crippen molar-refractivity contribution in [3.63, 3.8) is 0 Å². The molecule has 0 radical (unpaired) electrons. The molecule has 122 valence electrons. The van der Waals surface area contributed by atoms with Crippen molar-refractivity contribution in [1.82, 2.24) is 4.90 Å². The summed E-state index contributed by atoms with van der Waals surface area (Å²) in [6, 6.07) is -0.208. The van der Waals surface area contributed by atoms with E-state index in [-0.39, 0.29) is 35.8 Å². The van der Waals surface area contributed by atoms with E-state index in [2.05, 4.69) is 19.6 Å². The summed E-state index contributed by atoms with van der Waals surface area (Å²) in [6.07, 6.45) is 1.03. The molecule has 2 saturated heterocycles. The Morgan fingerprint density at radius 3 is 2.73 bits per heavy atom. The molecule has 1 amide bonds. The van der Waals surface area contributed by atoms with Gasteiger partial charge in [0.05, 0.1) is 18.1 Å².